The summed E-state index contributed by atoms with van der Waals surface area (Å²) in [5.74, 6) is 0.828. The first-order chi connectivity index (χ1) is 10.9. The van der Waals surface area contributed by atoms with Gasteiger partial charge in [-0.2, -0.15) is 0 Å². The Labute approximate surface area is 130 Å². The molecule has 1 heterocycles. The van der Waals surface area contributed by atoms with Gasteiger partial charge < -0.3 is 9.15 Å². The highest BCUT2D eigenvalue weighted by molar-refractivity contribution is 5.50. The van der Waals surface area contributed by atoms with Crippen LogP contribution in [0.3, 0.4) is 0 Å². The molecule has 1 atom stereocenters. The zero-order chi connectivity index (χ0) is 15.0. The van der Waals surface area contributed by atoms with Crippen molar-refractivity contribution >= 4 is 6.08 Å². The average molecular weight is 290 g/mol. The van der Waals surface area contributed by atoms with Crippen LogP contribution in [-0.4, -0.2) is 0 Å². The number of benzene rings is 2. The number of furan rings is 1. The summed E-state index contributed by atoms with van der Waals surface area (Å²) < 4.78 is 11.3. The summed E-state index contributed by atoms with van der Waals surface area (Å²) in [4.78, 5) is 0. The van der Waals surface area contributed by atoms with E-state index in [-0.39, 0.29) is 6.10 Å². The molecule has 0 aliphatic rings. The van der Waals surface area contributed by atoms with Crippen molar-refractivity contribution in [1.29, 1.82) is 0 Å². The molecular formula is C20H18O2. The molecule has 0 aliphatic heterocycles. The maximum Gasteiger partial charge on any atom is 0.129 e. The molecule has 0 radical (unpaired) electrons. The van der Waals surface area contributed by atoms with Gasteiger partial charge in [0, 0.05) is 0 Å². The number of rotatable bonds is 6. The van der Waals surface area contributed by atoms with E-state index in [4.69, 9.17) is 9.15 Å². The molecular weight excluding hydrogens is 272 g/mol. The Morgan fingerprint density at radius 1 is 0.864 bits per heavy atom. The van der Waals surface area contributed by atoms with Crippen LogP contribution in [0.5, 0.6) is 0 Å². The lowest BCUT2D eigenvalue weighted by Gasteiger charge is -2.14. The zero-order valence-corrected chi connectivity index (χ0v) is 12.3. The van der Waals surface area contributed by atoms with Crippen LogP contribution in [-0.2, 0) is 11.3 Å². The zero-order valence-electron chi connectivity index (χ0n) is 12.3. The van der Waals surface area contributed by atoms with Crippen molar-refractivity contribution in [1.82, 2.24) is 0 Å². The molecule has 0 saturated carbocycles. The maximum absolute atomic E-state index is 6.01. The van der Waals surface area contributed by atoms with E-state index in [9.17, 15) is 0 Å². The highest BCUT2D eigenvalue weighted by Gasteiger charge is 2.09. The molecule has 0 N–H and O–H groups in total. The van der Waals surface area contributed by atoms with Crippen LogP contribution < -0.4 is 0 Å². The Morgan fingerprint density at radius 3 is 2.27 bits per heavy atom. The van der Waals surface area contributed by atoms with E-state index in [1.54, 1.807) is 6.26 Å². The molecule has 1 aromatic heterocycles. The monoisotopic (exact) mass is 290 g/mol. The lowest BCUT2D eigenvalue weighted by molar-refractivity contribution is 0.0606. The Kier molecular flexibility index (Phi) is 4.85. The van der Waals surface area contributed by atoms with Gasteiger partial charge in [-0.1, -0.05) is 72.8 Å². The van der Waals surface area contributed by atoms with Gasteiger partial charge in [-0.15, -0.1) is 0 Å². The Bertz CT molecular complexity index is 685. The minimum Gasteiger partial charge on any atom is -0.467 e. The topological polar surface area (TPSA) is 22.4 Å². The van der Waals surface area contributed by atoms with Crippen molar-refractivity contribution in [2.24, 2.45) is 0 Å². The number of hydrogen-bond acceptors (Lipinski definition) is 2. The Balaban J connectivity index is 1.75. The smallest absolute Gasteiger partial charge is 0.129 e. The van der Waals surface area contributed by atoms with Crippen LogP contribution in [0.15, 0.2) is 89.6 Å². The normalized spacial score (nSPS) is 12.5. The predicted octanol–water partition coefficient (Wildman–Crippen LogP) is 5.25. The van der Waals surface area contributed by atoms with E-state index < -0.39 is 0 Å². The highest BCUT2D eigenvalue weighted by atomic mass is 16.5. The molecule has 0 unspecified atom stereocenters. The van der Waals surface area contributed by atoms with Crippen LogP contribution >= 0.6 is 0 Å². The van der Waals surface area contributed by atoms with Gasteiger partial charge in [0.25, 0.3) is 0 Å². The van der Waals surface area contributed by atoms with E-state index >= 15 is 0 Å². The average Bonchev–Trinajstić information content (AvgIpc) is 3.10. The second-order valence-corrected chi connectivity index (χ2v) is 4.99. The van der Waals surface area contributed by atoms with Gasteiger partial charge in [0.05, 0.1) is 6.26 Å². The Morgan fingerprint density at radius 2 is 1.59 bits per heavy atom. The standard InChI is InChI=1S/C20H18O2/c1-3-8-17(9-4-1)13-14-20(18-10-5-2-6-11-18)22-16-19-12-7-15-21-19/h1-15,20H,16H2/b14-13+/t20-/m1/s1. The largest absolute Gasteiger partial charge is 0.467 e. The van der Waals surface area contributed by atoms with Crippen molar-refractivity contribution in [2.45, 2.75) is 12.7 Å². The van der Waals surface area contributed by atoms with Crippen molar-refractivity contribution in [3.05, 3.63) is 102 Å². The fourth-order valence-corrected chi connectivity index (χ4v) is 2.23. The van der Waals surface area contributed by atoms with Crippen LogP contribution in [0.25, 0.3) is 6.08 Å². The number of ether oxygens (including phenoxy) is 1. The van der Waals surface area contributed by atoms with E-state index in [1.165, 1.54) is 0 Å². The molecule has 0 spiro atoms. The molecule has 0 amide bonds. The van der Waals surface area contributed by atoms with E-state index in [2.05, 4.69) is 36.4 Å². The van der Waals surface area contributed by atoms with Gasteiger partial charge in [0.2, 0.25) is 0 Å². The lowest BCUT2D eigenvalue weighted by atomic mass is 10.1. The predicted molar refractivity (Wildman–Crippen MR) is 88.2 cm³/mol. The highest BCUT2D eigenvalue weighted by Crippen LogP contribution is 2.22. The lowest BCUT2D eigenvalue weighted by Crippen LogP contribution is -2.01. The summed E-state index contributed by atoms with van der Waals surface area (Å²) in [5.41, 5.74) is 2.28. The Hall–Kier alpha value is -2.58. The van der Waals surface area contributed by atoms with Crippen LogP contribution in [0.2, 0.25) is 0 Å². The third-order valence-corrected chi connectivity index (χ3v) is 3.38. The van der Waals surface area contributed by atoms with Gasteiger partial charge in [0.15, 0.2) is 0 Å². The summed E-state index contributed by atoms with van der Waals surface area (Å²) in [6.45, 7) is 0.450. The molecule has 0 bridgehead atoms. The fraction of sp³-hybridized carbons (Fsp3) is 0.100. The SMILES string of the molecule is C(=C\[C@@H](OCc1ccco1)c1ccccc1)/c1ccccc1. The van der Waals surface area contributed by atoms with Crippen molar-refractivity contribution < 1.29 is 9.15 Å². The van der Waals surface area contributed by atoms with Crippen molar-refractivity contribution in [3.8, 4) is 0 Å². The minimum absolute atomic E-state index is 0.105. The maximum atomic E-state index is 6.01. The second kappa shape index (κ2) is 7.43. The fourth-order valence-electron chi connectivity index (χ4n) is 2.23. The molecule has 3 aromatic rings. The first-order valence-corrected chi connectivity index (χ1v) is 7.34. The van der Waals surface area contributed by atoms with E-state index in [0.717, 1.165) is 16.9 Å². The van der Waals surface area contributed by atoms with E-state index in [1.807, 2.05) is 48.5 Å². The first-order valence-electron chi connectivity index (χ1n) is 7.34. The molecule has 0 saturated heterocycles. The number of hydrogen-bond donors (Lipinski definition) is 0. The summed E-state index contributed by atoms with van der Waals surface area (Å²) in [6, 6.07) is 24.2. The van der Waals surface area contributed by atoms with Crippen molar-refractivity contribution in [3.63, 3.8) is 0 Å². The first kappa shape index (κ1) is 14.4. The summed E-state index contributed by atoms with van der Waals surface area (Å²) in [5, 5.41) is 0. The van der Waals surface area contributed by atoms with Gasteiger partial charge in [-0.3, -0.25) is 0 Å². The summed E-state index contributed by atoms with van der Waals surface area (Å²) in [7, 11) is 0. The minimum atomic E-state index is -0.105. The van der Waals surface area contributed by atoms with Gasteiger partial charge in [0.1, 0.15) is 18.5 Å². The molecule has 22 heavy (non-hydrogen) atoms. The third kappa shape index (κ3) is 3.96. The molecule has 0 fully saturated rings. The molecule has 2 nitrogen and oxygen atoms in total. The quantitative estimate of drug-likeness (QED) is 0.618. The summed E-state index contributed by atoms with van der Waals surface area (Å²) >= 11 is 0. The van der Waals surface area contributed by atoms with Gasteiger partial charge in [-0.05, 0) is 23.3 Å². The second-order valence-electron chi connectivity index (χ2n) is 4.99. The van der Waals surface area contributed by atoms with Gasteiger partial charge in [-0.25, -0.2) is 0 Å². The molecule has 3 rings (SSSR count). The summed E-state index contributed by atoms with van der Waals surface area (Å²) in [6.07, 6.45) is 5.72. The van der Waals surface area contributed by atoms with Crippen LogP contribution in [0, 0.1) is 0 Å². The molecule has 0 aliphatic carbocycles. The van der Waals surface area contributed by atoms with Crippen LogP contribution in [0.1, 0.15) is 23.0 Å². The van der Waals surface area contributed by atoms with E-state index in [0.29, 0.717) is 6.61 Å². The molecule has 110 valence electrons. The van der Waals surface area contributed by atoms with Crippen molar-refractivity contribution in [2.75, 3.05) is 0 Å². The molecule has 2 aromatic carbocycles. The van der Waals surface area contributed by atoms with Crippen LogP contribution in [0.4, 0.5) is 0 Å². The molecule has 2 heteroatoms. The third-order valence-electron chi connectivity index (χ3n) is 3.38. The van der Waals surface area contributed by atoms with Gasteiger partial charge >= 0.3 is 0 Å².